The molecule has 0 saturated carbocycles. The van der Waals surface area contributed by atoms with Crippen LogP contribution in [0.5, 0.6) is 11.5 Å². The van der Waals surface area contributed by atoms with Crippen molar-refractivity contribution >= 4 is 16.9 Å². The first kappa shape index (κ1) is 17.3. The molecule has 27 heavy (non-hydrogen) atoms. The second-order valence-electron chi connectivity index (χ2n) is 6.51. The van der Waals surface area contributed by atoms with Gasteiger partial charge in [0.1, 0.15) is 17.2 Å². The topological polar surface area (TPSA) is 64.5 Å². The number of benzene rings is 2. The highest BCUT2D eigenvalue weighted by Crippen LogP contribution is 2.39. The average molecular weight is 363 g/mol. The fourth-order valence-corrected chi connectivity index (χ4v) is 3.63. The molecule has 3 aromatic rings. The van der Waals surface area contributed by atoms with Crippen LogP contribution in [-0.2, 0) is 0 Å². The minimum absolute atomic E-state index is 0.0494. The van der Waals surface area contributed by atoms with Gasteiger partial charge < -0.3 is 14.4 Å². The van der Waals surface area contributed by atoms with Gasteiger partial charge in [0.2, 0.25) is 0 Å². The number of para-hydroxylation sites is 2. The zero-order valence-electron chi connectivity index (χ0n) is 15.4. The number of ether oxygens (including phenoxy) is 2. The van der Waals surface area contributed by atoms with Gasteiger partial charge in [0.05, 0.1) is 37.5 Å². The molecule has 1 atom stereocenters. The van der Waals surface area contributed by atoms with Crippen molar-refractivity contribution in [3.05, 3.63) is 59.9 Å². The third-order valence-corrected chi connectivity index (χ3v) is 4.98. The molecule has 0 radical (unpaired) electrons. The molecule has 1 aliphatic heterocycles. The van der Waals surface area contributed by atoms with Crippen LogP contribution in [0, 0.1) is 0 Å². The summed E-state index contributed by atoms with van der Waals surface area (Å²) in [5, 5.41) is 0. The van der Waals surface area contributed by atoms with Gasteiger partial charge in [-0.2, -0.15) is 0 Å². The lowest BCUT2D eigenvalue weighted by atomic mass is 10.0. The van der Waals surface area contributed by atoms with Gasteiger partial charge in [-0.05, 0) is 37.1 Å². The highest BCUT2D eigenvalue weighted by molar-refractivity contribution is 5.94. The molecule has 1 aliphatic rings. The van der Waals surface area contributed by atoms with Crippen LogP contribution in [0.25, 0.3) is 11.0 Å². The molecule has 138 valence electrons. The van der Waals surface area contributed by atoms with E-state index in [0.717, 1.165) is 40.9 Å². The average Bonchev–Trinajstić information content (AvgIpc) is 3.21. The van der Waals surface area contributed by atoms with Crippen LogP contribution in [0.3, 0.4) is 0 Å². The Labute approximate surface area is 157 Å². The molecule has 1 fully saturated rings. The normalized spacial score (nSPS) is 16.5. The second kappa shape index (κ2) is 7.23. The molecular formula is C21H21N3O3. The molecule has 4 rings (SSSR count). The maximum atomic E-state index is 13.2. The Kier molecular flexibility index (Phi) is 4.62. The fourth-order valence-electron chi connectivity index (χ4n) is 3.63. The molecule has 2 heterocycles. The third-order valence-electron chi connectivity index (χ3n) is 4.98. The van der Waals surface area contributed by atoms with Gasteiger partial charge >= 0.3 is 0 Å². The van der Waals surface area contributed by atoms with Crippen molar-refractivity contribution in [3.8, 4) is 11.5 Å². The van der Waals surface area contributed by atoms with Gasteiger partial charge in [0.25, 0.3) is 5.91 Å². The summed E-state index contributed by atoms with van der Waals surface area (Å²) in [4.78, 5) is 23.9. The highest BCUT2D eigenvalue weighted by Gasteiger charge is 2.33. The summed E-state index contributed by atoms with van der Waals surface area (Å²) in [6.45, 7) is 0.688. The molecule has 1 unspecified atom stereocenters. The van der Waals surface area contributed by atoms with Crippen molar-refractivity contribution < 1.29 is 14.3 Å². The van der Waals surface area contributed by atoms with Crippen LogP contribution in [-0.4, -0.2) is 41.5 Å². The number of fused-ring (bicyclic) bond motifs is 1. The number of hydrogen-bond donors (Lipinski definition) is 0. The minimum Gasteiger partial charge on any atom is -0.497 e. The predicted octanol–water partition coefficient (Wildman–Crippen LogP) is 3.62. The predicted molar refractivity (Wildman–Crippen MR) is 102 cm³/mol. The van der Waals surface area contributed by atoms with Crippen molar-refractivity contribution in [2.24, 2.45) is 0 Å². The number of carbonyl (C=O) groups excluding carboxylic acids is 1. The summed E-state index contributed by atoms with van der Waals surface area (Å²) in [6.07, 6.45) is 3.38. The van der Waals surface area contributed by atoms with Crippen LogP contribution in [0.1, 0.15) is 34.9 Å². The molecule has 0 aliphatic carbocycles. The number of amides is 1. The first-order valence-electron chi connectivity index (χ1n) is 8.96. The Morgan fingerprint density at radius 2 is 1.93 bits per heavy atom. The Hall–Kier alpha value is -3.15. The van der Waals surface area contributed by atoms with Gasteiger partial charge in [-0.3, -0.25) is 9.78 Å². The lowest BCUT2D eigenvalue weighted by molar-refractivity contribution is 0.0728. The third kappa shape index (κ3) is 3.18. The van der Waals surface area contributed by atoms with E-state index < -0.39 is 0 Å². The van der Waals surface area contributed by atoms with Crippen LogP contribution >= 0.6 is 0 Å². The van der Waals surface area contributed by atoms with E-state index in [1.54, 1.807) is 20.4 Å². The van der Waals surface area contributed by atoms with Crippen LogP contribution in [0.4, 0.5) is 0 Å². The standard InChI is InChI=1S/C21H21N3O3/c1-26-14-9-10-15(20(12-14)27-2)19-8-5-11-24(19)21(25)18-13-22-16-6-3-4-7-17(16)23-18/h3-4,6-7,9-10,12-13,19H,5,8,11H2,1-2H3. The van der Waals surface area contributed by atoms with Crippen molar-refractivity contribution in [1.82, 2.24) is 14.9 Å². The second-order valence-corrected chi connectivity index (χ2v) is 6.51. The smallest absolute Gasteiger partial charge is 0.274 e. The Morgan fingerprint density at radius 1 is 1.11 bits per heavy atom. The first-order valence-corrected chi connectivity index (χ1v) is 8.96. The zero-order chi connectivity index (χ0) is 18.8. The molecule has 0 spiro atoms. The SMILES string of the molecule is COc1ccc(C2CCCN2C(=O)c2cnc3ccccc3n2)c(OC)c1. The number of likely N-dealkylation sites (tertiary alicyclic amines) is 1. The van der Waals surface area contributed by atoms with E-state index in [1.807, 2.05) is 47.4 Å². The van der Waals surface area contributed by atoms with Gasteiger partial charge in [-0.25, -0.2) is 4.98 Å². The first-order chi connectivity index (χ1) is 13.2. The lowest BCUT2D eigenvalue weighted by Crippen LogP contribution is -2.31. The highest BCUT2D eigenvalue weighted by atomic mass is 16.5. The summed E-state index contributed by atoms with van der Waals surface area (Å²) < 4.78 is 10.8. The minimum atomic E-state index is -0.103. The maximum absolute atomic E-state index is 13.2. The Morgan fingerprint density at radius 3 is 2.70 bits per heavy atom. The molecule has 2 aromatic carbocycles. The van der Waals surface area contributed by atoms with Crippen LogP contribution in [0.15, 0.2) is 48.7 Å². The van der Waals surface area contributed by atoms with E-state index in [4.69, 9.17) is 9.47 Å². The monoisotopic (exact) mass is 363 g/mol. The van der Waals surface area contributed by atoms with Crippen LogP contribution < -0.4 is 9.47 Å². The molecule has 1 amide bonds. The number of carbonyl (C=O) groups is 1. The number of rotatable bonds is 4. The van der Waals surface area contributed by atoms with E-state index in [1.165, 1.54) is 0 Å². The lowest BCUT2D eigenvalue weighted by Gasteiger charge is -2.26. The summed E-state index contributed by atoms with van der Waals surface area (Å²) in [5.41, 5.74) is 2.86. The van der Waals surface area contributed by atoms with Gasteiger partial charge in [-0.1, -0.05) is 12.1 Å². The Bertz CT molecular complexity index is 989. The molecule has 1 aromatic heterocycles. The molecule has 6 heteroatoms. The van der Waals surface area contributed by atoms with Gasteiger partial charge in [0, 0.05) is 18.2 Å². The van der Waals surface area contributed by atoms with E-state index in [2.05, 4.69) is 9.97 Å². The van der Waals surface area contributed by atoms with E-state index in [9.17, 15) is 4.79 Å². The van der Waals surface area contributed by atoms with E-state index in [0.29, 0.717) is 12.2 Å². The number of nitrogens with zero attached hydrogens (tertiary/aromatic N) is 3. The largest absolute Gasteiger partial charge is 0.497 e. The quantitative estimate of drug-likeness (QED) is 0.708. The van der Waals surface area contributed by atoms with Gasteiger partial charge in [-0.15, -0.1) is 0 Å². The van der Waals surface area contributed by atoms with E-state index >= 15 is 0 Å². The molecular weight excluding hydrogens is 342 g/mol. The molecule has 1 saturated heterocycles. The summed E-state index contributed by atoms with van der Waals surface area (Å²) in [7, 11) is 3.26. The molecule has 0 N–H and O–H groups in total. The maximum Gasteiger partial charge on any atom is 0.274 e. The van der Waals surface area contributed by atoms with Crippen molar-refractivity contribution in [1.29, 1.82) is 0 Å². The number of methoxy groups -OCH3 is 2. The number of hydrogen-bond acceptors (Lipinski definition) is 5. The zero-order valence-corrected chi connectivity index (χ0v) is 15.4. The summed E-state index contributed by atoms with van der Waals surface area (Å²) in [5.74, 6) is 1.35. The van der Waals surface area contributed by atoms with Crippen molar-refractivity contribution in [2.75, 3.05) is 20.8 Å². The van der Waals surface area contributed by atoms with E-state index in [-0.39, 0.29) is 11.9 Å². The summed E-state index contributed by atoms with van der Waals surface area (Å²) >= 11 is 0. The fraction of sp³-hybridized carbons (Fsp3) is 0.286. The Balaban J connectivity index is 1.67. The summed E-state index contributed by atoms with van der Waals surface area (Å²) in [6, 6.07) is 13.2. The molecule has 6 nitrogen and oxygen atoms in total. The van der Waals surface area contributed by atoms with Gasteiger partial charge in [0.15, 0.2) is 0 Å². The number of aromatic nitrogens is 2. The van der Waals surface area contributed by atoms with Crippen molar-refractivity contribution in [2.45, 2.75) is 18.9 Å². The van der Waals surface area contributed by atoms with Crippen molar-refractivity contribution in [3.63, 3.8) is 0 Å². The van der Waals surface area contributed by atoms with Crippen LogP contribution in [0.2, 0.25) is 0 Å². The molecule has 0 bridgehead atoms.